The highest BCUT2D eigenvalue weighted by Crippen LogP contribution is 2.34. The number of thiophene rings is 1. The zero-order valence-electron chi connectivity index (χ0n) is 13.0. The van der Waals surface area contributed by atoms with E-state index in [1.165, 1.54) is 4.88 Å². The molecule has 0 spiro atoms. The second kappa shape index (κ2) is 7.36. The number of nitrogens with zero attached hydrogens (tertiary/aromatic N) is 1. The lowest BCUT2D eigenvalue weighted by Crippen LogP contribution is -2.30. The fourth-order valence-corrected chi connectivity index (χ4v) is 3.98. The lowest BCUT2D eigenvalue weighted by molar-refractivity contribution is -0.141. The Hall–Kier alpha value is -1.85. The molecule has 24 heavy (non-hydrogen) atoms. The average molecular weight is 364 g/mol. The van der Waals surface area contributed by atoms with Crippen molar-refractivity contribution >= 4 is 34.8 Å². The van der Waals surface area contributed by atoms with Crippen molar-refractivity contribution < 1.29 is 14.7 Å². The first-order chi connectivity index (χ1) is 11.5. The molecule has 3 rings (SSSR count). The van der Waals surface area contributed by atoms with Gasteiger partial charge in [0.25, 0.3) is 0 Å². The molecular formula is C18H18ClNO3S. The minimum absolute atomic E-state index is 0.0195. The third kappa shape index (κ3) is 3.79. The second-order valence-electron chi connectivity index (χ2n) is 5.98. The quantitative estimate of drug-likeness (QED) is 0.881. The molecule has 1 N–H and O–H groups in total. The largest absolute Gasteiger partial charge is 0.481 e. The number of amides is 1. The number of likely N-dealkylation sites (tertiary alicyclic amines) is 1. The summed E-state index contributed by atoms with van der Waals surface area (Å²) in [7, 11) is 0. The van der Waals surface area contributed by atoms with Gasteiger partial charge >= 0.3 is 5.97 Å². The fraction of sp³-hybridized carbons (Fsp3) is 0.333. The zero-order chi connectivity index (χ0) is 17.1. The van der Waals surface area contributed by atoms with E-state index in [1.54, 1.807) is 28.4 Å². The normalized spacial score (nSPS) is 20.3. The molecule has 1 aromatic carbocycles. The molecular weight excluding hydrogens is 346 g/mol. The van der Waals surface area contributed by atoms with E-state index < -0.39 is 11.9 Å². The molecule has 0 unspecified atom stereocenters. The van der Waals surface area contributed by atoms with Gasteiger partial charge in [0.15, 0.2) is 0 Å². The Morgan fingerprint density at radius 3 is 2.58 bits per heavy atom. The van der Waals surface area contributed by atoms with E-state index in [1.807, 2.05) is 29.6 Å². The van der Waals surface area contributed by atoms with Gasteiger partial charge in [-0.15, -0.1) is 11.3 Å². The maximum atomic E-state index is 12.5. The number of hydrogen-bond donors (Lipinski definition) is 1. The lowest BCUT2D eigenvalue weighted by Gasteiger charge is -2.16. The Labute approximate surface area is 149 Å². The van der Waals surface area contributed by atoms with Crippen LogP contribution >= 0.6 is 22.9 Å². The summed E-state index contributed by atoms with van der Waals surface area (Å²) in [4.78, 5) is 26.9. The van der Waals surface area contributed by atoms with Crippen LogP contribution in [0.25, 0.3) is 0 Å². The fourth-order valence-electron chi connectivity index (χ4n) is 3.15. The van der Waals surface area contributed by atoms with Gasteiger partial charge in [-0.1, -0.05) is 29.8 Å². The number of benzene rings is 1. The summed E-state index contributed by atoms with van der Waals surface area (Å²) in [5.41, 5.74) is 0.917. The van der Waals surface area contributed by atoms with Crippen molar-refractivity contribution in [3.8, 4) is 0 Å². The first-order valence-electron chi connectivity index (χ1n) is 7.83. The number of carbonyl (C=O) groups is 2. The molecule has 1 amide bonds. The molecule has 1 aliphatic rings. The number of carboxylic acid groups (broad SMARTS) is 1. The minimum atomic E-state index is -0.858. The van der Waals surface area contributed by atoms with Crippen LogP contribution < -0.4 is 0 Å². The van der Waals surface area contributed by atoms with Gasteiger partial charge in [-0.2, -0.15) is 0 Å². The smallest absolute Gasteiger partial charge is 0.308 e. The first kappa shape index (κ1) is 17.0. The Bertz CT molecular complexity index is 714. The van der Waals surface area contributed by atoms with Gasteiger partial charge in [-0.25, -0.2) is 0 Å². The van der Waals surface area contributed by atoms with Crippen molar-refractivity contribution in [2.24, 2.45) is 5.92 Å². The number of hydrogen-bond acceptors (Lipinski definition) is 3. The molecule has 1 aliphatic heterocycles. The standard InChI is InChI=1S/C18H18ClNO3S/c19-13-5-3-12(4-6-13)15-10-20(11-16(15)18(22)23)17(21)8-7-14-2-1-9-24-14/h1-6,9,15-16H,7-8,10-11H2,(H,22,23)/t15-,16+/m0/s1. The van der Waals surface area contributed by atoms with Crippen molar-refractivity contribution in [3.63, 3.8) is 0 Å². The minimum Gasteiger partial charge on any atom is -0.481 e. The molecule has 4 nitrogen and oxygen atoms in total. The van der Waals surface area contributed by atoms with Crippen LogP contribution in [0.1, 0.15) is 22.8 Å². The average Bonchev–Trinajstić information content (AvgIpc) is 3.23. The number of aliphatic carboxylic acids is 1. The van der Waals surface area contributed by atoms with Crippen LogP contribution in [0, 0.1) is 5.92 Å². The third-order valence-electron chi connectivity index (χ3n) is 4.45. The number of aryl methyl sites for hydroxylation is 1. The Morgan fingerprint density at radius 2 is 1.96 bits per heavy atom. The van der Waals surface area contributed by atoms with E-state index in [0.29, 0.717) is 24.4 Å². The van der Waals surface area contributed by atoms with Crippen molar-refractivity contribution in [1.82, 2.24) is 4.90 Å². The predicted molar refractivity (Wildman–Crippen MR) is 94.5 cm³/mol. The Kier molecular flexibility index (Phi) is 5.21. The summed E-state index contributed by atoms with van der Waals surface area (Å²) in [6.07, 6.45) is 1.12. The summed E-state index contributed by atoms with van der Waals surface area (Å²) in [6.45, 7) is 0.716. The molecule has 1 fully saturated rings. The molecule has 6 heteroatoms. The summed E-state index contributed by atoms with van der Waals surface area (Å²) in [5, 5.41) is 12.1. The lowest BCUT2D eigenvalue weighted by atomic mass is 9.89. The van der Waals surface area contributed by atoms with Crippen molar-refractivity contribution in [2.75, 3.05) is 13.1 Å². The van der Waals surface area contributed by atoms with Gasteiger partial charge in [0.2, 0.25) is 5.91 Å². The highest BCUT2D eigenvalue weighted by molar-refractivity contribution is 7.09. The van der Waals surface area contributed by atoms with Crippen LogP contribution in [-0.2, 0) is 16.0 Å². The van der Waals surface area contributed by atoms with E-state index in [2.05, 4.69) is 0 Å². The molecule has 0 aliphatic carbocycles. The molecule has 2 heterocycles. The van der Waals surface area contributed by atoms with Crippen LogP contribution in [0.5, 0.6) is 0 Å². The van der Waals surface area contributed by atoms with Crippen molar-refractivity contribution in [3.05, 3.63) is 57.2 Å². The van der Waals surface area contributed by atoms with Gasteiger partial charge in [0, 0.05) is 35.3 Å². The van der Waals surface area contributed by atoms with Gasteiger partial charge in [-0.3, -0.25) is 9.59 Å². The Balaban J connectivity index is 1.68. The SMILES string of the molecule is O=C(O)[C@@H]1CN(C(=O)CCc2cccs2)C[C@H]1c1ccc(Cl)cc1. The van der Waals surface area contributed by atoms with E-state index in [4.69, 9.17) is 11.6 Å². The molecule has 0 radical (unpaired) electrons. The number of carboxylic acids is 1. The molecule has 1 saturated heterocycles. The number of halogens is 1. The summed E-state index contributed by atoms with van der Waals surface area (Å²) < 4.78 is 0. The first-order valence-corrected chi connectivity index (χ1v) is 9.09. The third-order valence-corrected chi connectivity index (χ3v) is 5.64. The number of carbonyl (C=O) groups excluding carboxylic acids is 1. The maximum absolute atomic E-state index is 12.5. The second-order valence-corrected chi connectivity index (χ2v) is 7.45. The predicted octanol–water partition coefficient (Wildman–Crippen LogP) is 3.66. The van der Waals surface area contributed by atoms with Gasteiger partial charge < -0.3 is 10.0 Å². The Morgan fingerprint density at radius 1 is 1.21 bits per heavy atom. The summed E-state index contributed by atoms with van der Waals surface area (Å²) in [6, 6.07) is 11.2. The van der Waals surface area contributed by atoms with Crippen molar-refractivity contribution in [1.29, 1.82) is 0 Å². The van der Waals surface area contributed by atoms with E-state index in [0.717, 1.165) is 5.56 Å². The van der Waals surface area contributed by atoms with E-state index >= 15 is 0 Å². The zero-order valence-corrected chi connectivity index (χ0v) is 14.6. The van der Waals surface area contributed by atoms with Gasteiger partial charge in [0.1, 0.15) is 0 Å². The van der Waals surface area contributed by atoms with Crippen molar-refractivity contribution in [2.45, 2.75) is 18.8 Å². The molecule has 1 aromatic heterocycles. The highest BCUT2D eigenvalue weighted by Gasteiger charge is 2.40. The maximum Gasteiger partial charge on any atom is 0.308 e. The van der Waals surface area contributed by atoms with E-state index in [9.17, 15) is 14.7 Å². The molecule has 0 bridgehead atoms. The molecule has 2 atom stereocenters. The van der Waals surface area contributed by atoms with Crippen LogP contribution in [0.3, 0.4) is 0 Å². The summed E-state index contributed by atoms with van der Waals surface area (Å²) in [5.74, 6) is -1.60. The van der Waals surface area contributed by atoms with E-state index in [-0.39, 0.29) is 18.4 Å². The molecule has 0 saturated carbocycles. The number of rotatable bonds is 5. The topological polar surface area (TPSA) is 57.6 Å². The monoisotopic (exact) mass is 363 g/mol. The van der Waals surface area contributed by atoms with Gasteiger partial charge in [-0.05, 0) is 35.6 Å². The molecule has 126 valence electrons. The van der Waals surface area contributed by atoms with Gasteiger partial charge in [0.05, 0.1) is 5.92 Å². The van der Waals surface area contributed by atoms with Crippen LogP contribution in [0.2, 0.25) is 5.02 Å². The van der Waals surface area contributed by atoms with Crippen LogP contribution in [0.4, 0.5) is 0 Å². The van der Waals surface area contributed by atoms with Crippen LogP contribution in [-0.4, -0.2) is 35.0 Å². The highest BCUT2D eigenvalue weighted by atomic mass is 35.5. The summed E-state index contributed by atoms with van der Waals surface area (Å²) >= 11 is 7.54. The molecule has 2 aromatic rings. The van der Waals surface area contributed by atoms with Crippen LogP contribution in [0.15, 0.2) is 41.8 Å².